The zero-order valence-corrected chi connectivity index (χ0v) is 12.4. The first-order valence-corrected chi connectivity index (χ1v) is 6.79. The summed E-state index contributed by atoms with van der Waals surface area (Å²) in [6, 6.07) is 5.91. The smallest absolute Gasteiger partial charge is 0.309 e. The maximum atomic E-state index is 11.4. The number of carboxylic acids is 1. The number of carbonyl (C=O) groups is 1. The number of methoxy groups -OCH3 is 1. The first-order chi connectivity index (χ1) is 9.40. The van der Waals surface area contributed by atoms with Gasteiger partial charge >= 0.3 is 5.97 Å². The van der Waals surface area contributed by atoms with Crippen LogP contribution in [0.15, 0.2) is 24.4 Å². The molecule has 0 unspecified atom stereocenters. The zero-order valence-electron chi connectivity index (χ0n) is 12.4. The van der Waals surface area contributed by atoms with Gasteiger partial charge < -0.3 is 14.4 Å². The Hall–Kier alpha value is -1.97. The van der Waals surface area contributed by atoms with E-state index >= 15 is 0 Å². The molecule has 0 spiro atoms. The summed E-state index contributed by atoms with van der Waals surface area (Å²) in [5, 5.41) is 10.3. The van der Waals surface area contributed by atoms with Crippen LogP contribution in [0.5, 0.6) is 5.75 Å². The zero-order chi connectivity index (χ0) is 14.9. The molecule has 2 aromatic rings. The first-order valence-electron chi connectivity index (χ1n) is 6.79. The number of fused-ring (bicyclic) bond motifs is 1. The van der Waals surface area contributed by atoms with Gasteiger partial charge in [0.25, 0.3) is 0 Å². The van der Waals surface area contributed by atoms with E-state index in [-0.39, 0.29) is 0 Å². The van der Waals surface area contributed by atoms with E-state index in [2.05, 4.69) is 11.5 Å². The van der Waals surface area contributed by atoms with Crippen molar-refractivity contribution in [2.45, 2.75) is 33.7 Å². The van der Waals surface area contributed by atoms with E-state index in [1.54, 1.807) is 21.0 Å². The van der Waals surface area contributed by atoms with Gasteiger partial charge in [-0.15, -0.1) is 0 Å². The minimum absolute atomic E-state index is 0.478. The van der Waals surface area contributed by atoms with Crippen molar-refractivity contribution in [2.24, 2.45) is 5.41 Å². The average molecular weight is 275 g/mol. The van der Waals surface area contributed by atoms with E-state index in [0.29, 0.717) is 6.42 Å². The van der Waals surface area contributed by atoms with Gasteiger partial charge in [0.1, 0.15) is 5.75 Å². The van der Waals surface area contributed by atoms with Crippen LogP contribution in [-0.4, -0.2) is 22.8 Å². The Morgan fingerprint density at radius 3 is 2.65 bits per heavy atom. The van der Waals surface area contributed by atoms with Gasteiger partial charge in [0.2, 0.25) is 0 Å². The van der Waals surface area contributed by atoms with Crippen LogP contribution in [-0.2, 0) is 17.8 Å². The number of aryl methyl sites for hydroxylation is 1. The minimum Gasteiger partial charge on any atom is -0.496 e. The van der Waals surface area contributed by atoms with Crippen LogP contribution in [0, 0.1) is 5.41 Å². The number of benzene rings is 1. The summed E-state index contributed by atoms with van der Waals surface area (Å²) < 4.78 is 7.57. The molecule has 1 N–H and O–H groups in total. The highest BCUT2D eigenvalue weighted by Crippen LogP contribution is 2.34. The molecule has 108 valence electrons. The third kappa shape index (κ3) is 2.38. The van der Waals surface area contributed by atoms with Gasteiger partial charge in [-0.25, -0.2) is 0 Å². The average Bonchev–Trinajstić information content (AvgIpc) is 2.76. The Morgan fingerprint density at radius 1 is 1.40 bits per heavy atom. The predicted molar refractivity (Wildman–Crippen MR) is 79.3 cm³/mol. The molecule has 0 saturated heterocycles. The summed E-state index contributed by atoms with van der Waals surface area (Å²) in [4.78, 5) is 11.4. The molecule has 1 heterocycles. The van der Waals surface area contributed by atoms with Crippen LogP contribution in [0.4, 0.5) is 0 Å². The molecular weight excluding hydrogens is 254 g/mol. The van der Waals surface area contributed by atoms with Crippen LogP contribution in [0.2, 0.25) is 0 Å². The van der Waals surface area contributed by atoms with Crippen molar-refractivity contribution < 1.29 is 14.6 Å². The highest BCUT2D eigenvalue weighted by molar-refractivity contribution is 5.90. The molecule has 4 nitrogen and oxygen atoms in total. The van der Waals surface area contributed by atoms with Crippen LogP contribution in [0.3, 0.4) is 0 Å². The van der Waals surface area contributed by atoms with Crippen molar-refractivity contribution in [2.75, 3.05) is 7.11 Å². The fraction of sp³-hybridized carbons (Fsp3) is 0.438. The van der Waals surface area contributed by atoms with Crippen LogP contribution >= 0.6 is 0 Å². The van der Waals surface area contributed by atoms with Crippen LogP contribution in [0.1, 0.15) is 26.3 Å². The van der Waals surface area contributed by atoms with Crippen LogP contribution < -0.4 is 4.74 Å². The lowest BCUT2D eigenvalue weighted by Gasteiger charge is -2.18. The summed E-state index contributed by atoms with van der Waals surface area (Å²) in [5.74, 6) is 0.00989. The van der Waals surface area contributed by atoms with Crippen molar-refractivity contribution in [1.82, 2.24) is 4.57 Å². The van der Waals surface area contributed by atoms with E-state index in [0.717, 1.165) is 28.8 Å². The Morgan fingerprint density at radius 2 is 2.10 bits per heavy atom. The number of hydrogen-bond acceptors (Lipinski definition) is 2. The number of aliphatic carboxylic acids is 1. The standard InChI is InChI=1S/C16H21NO3/c1-5-17-10-11(9-16(2,3)15(18)19)14-12(17)7-6-8-13(14)20-4/h6-8,10H,5,9H2,1-4H3,(H,18,19). The lowest BCUT2D eigenvalue weighted by Crippen LogP contribution is -2.26. The molecule has 2 rings (SSSR count). The van der Waals surface area contributed by atoms with E-state index in [1.165, 1.54) is 0 Å². The van der Waals surface area contributed by atoms with Gasteiger partial charge in [-0.05, 0) is 44.9 Å². The molecule has 4 heteroatoms. The lowest BCUT2D eigenvalue weighted by molar-refractivity contribution is -0.146. The number of ether oxygens (including phenoxy) is 1. The molecule has 0 fully saturated rings. The fourth-order valence-corrected chi connectivity index (χ4v) is 2.52. The highest BCUT2D eigenvalue weighted by atomic mass is 16.5. The number of aromatic nitrogens is 1. The van der Waals surface area contributed by atoms with Gasteiger partial charge in [0.05, 0.1) is 18.0 Å². The molecular formula is C16H21NO3. The van der Waals surface area contributed by atoms with Crippen molar-refractivity contribution in [3.63, 3.8) is 0 Å². The molecule has 0 atom stereocenters. The second-order valence-corrected chi connectivity index (χ2v) is 5.66. The van der Waals surface area contributed by atoms with Crippen molar-refractivity contribution >= 4 is 16.9 Å². The molecule has 0 aliphatic carbocycles. The second-order valence-electron chi connectivity index (χ2n) is 5.66. The van der Waals surface area contributed by atoms with Gasteiger partial charge in [0.15, 0.2) is 0 Å². The monoisotopic (exact) mass is 275 g/mol. The van der Waals surface area contributed by atoms with E-state index in [4.69, 9.17) is 4.74 Å². The predicted octanol–water partition coefficient (Wildman–Crippen LogP) is 3.32. The van der Waals surface area contributed by atoms with Gasteiger partial charge in [-0.2, -0.15) is 0 Å². The van der Waals surface area contributed by atoms with Crippen molar-refractivity contribution in [3.05, 3.63) is 30.0 Å². The Labute approximate surface area is 119 Å². The van der Waals surface area contributed by atoms with E-state index in [1.807, 2.05) is 24.4 Å². The summed E-state index contributed by atoms with van der Waals surface area (Å²) in [6.07, 6.45) is 2.52. The maximum Gasteiger partial charge on any atom is 0.309 e. The number of nitrogens with zero attached hydrogens (tertiary/aromatic N) is 1. The van der Waals surface area contributed by atoms with Crippen molar-refractivity contribution in [3.8, 4) is 5.75 Å². The molecule has 0 amide bonds. The van der Waals surface area contributed by atoms with E-state index in [9.17, 15) is 9.90 Å². The quantitative estimate of drug-likeness (QED) is 0.910. The summed E-state index contributed by atoms with van der Waals surface area (Å²) in [5.41, 5.74) is 1.31. The normalized spacial score (nSPS) is 11.8. The molecule has 1 aromatic heterocycles. The van der Waals surface area contributed by atoms with E-state index < -0.39 is 11.4 Å². The van der Waals surface area contributed by atoms with Gasteiger partial charge in [-0.3, -0.25) is 4.79 Å². The third-order valence-electron chi connectivity index (χ3n) is 3.72. The Kier molecular flexibility index (Phi) is 3.75. The van der Waals surface area contributed by atoms with Crippen LogP contribution in [0.25, 0.3) is 10.9 Å². The molecule has 0 radical (unpaired) electrons. The summed E-state index contributed by atoms with van der Waals surface area (Å²) >= 11 is 0. The van der Waals surface area contributed by atoms with Gasteiger partial charge in [0, 0.05) is 18.1 Å². The minimum atomic E-state index is -0.798. The Bertz CT molecular complexity index is 640. The molecule has 0 bridgehead atoms. The lowest BCUT2D eigenvalue weighted by atomic mass is 9.86. The largest absolute Gasteiger partial charge is 0.496 e. The molecule has 1 aromatic carbocycles. The van der Waals surface area contributed by atoms with Gasteiger partial charge in [-0.1, -0.05) is 6.07 Å². The summed E-state index contributed by atoms with van der Waals surface area (Å²) in [6.45, 7) is 6.42. The van der Waals surface area contributed by atoms with Crippen molar-refractivity contribution in [1.29, 1.82) is 0 Å². The molecule has 20 heavy (non-hydrogen) atoms. The number of hydrogen-bond donors (Lipinski definition) is 1. The number of rotatable bonds is 5. The first kappa shape index (κ1) is 14.4. The second kappa shape index (κ2) is 5.19. The SMILES string of the molecule is CCn1cc(CC(C)(C)C(=O)O)c2c(OC)cccc21. The summed E-state index contributed by atoms with van der Waals surface area (Å²) in [7, 11) is 1.64. The molecule has 0 aliphatic heterocycles. The molecule has 0 aliphatic rings. The maximum absolute atomic E-state index is 11.4. The third-order valence-corrected chi connectivity index (χ3v) is 3.72. The number of carboxylic acid groups (broad SMARTS) is 1. The molecule has 0 saturated carbocycles. The highest BCUT2D eigenvalue weighted by Gasteiger charge is 2.29. The topological polar surface area (TPSA) is 51.5 Å². The Balaban J connectivity index is 2.61. The fourth-order valence-electron chi connectivity index (χ4n) is 2.52.